The Kier molecular flexibility index (Phi) is 10.8. The third-order valence-corrected chi connectivity index (χ3v) is 18.7. The number of para-hydroxylation sites is 3. The maximum Gasteiger partial charge on any atom is 0.220 e. The van der Waals surface area contributed by atoms with Crippen LogP contribution in [0, 0.1) is 17.8 Å². The molecule has 350 valence electrons. The molecule has 0 amide bonds. The molecule has 1 saturated heterocycles. The van der Waals surface area contributed by atoms with E-state index < -0.39 is 0 Å². The number of hydrogen-bond donors (Lipinski definition) is 0. The van der Waals surface area contributed by atoms with Gasteiger partial charge in [-0.15, -0.1) is 0 Å². The molecule has 3 nitrogen and oxygen atoms in total. The lowest BCUT2D eigenvalue weighted by atomic mass is 9.26. The zero-order chi connectivity index (χ0) is 47.1. The number of nitrogens with zero attached hydrogens (tertiary/aromatic N) is 3. The summed E-state index contributed by atoms with van der Waals surface area (Å²) < 4.78 is 2.60. The monoisotopic (exact) mass is 914 g/mol. The molecule has 70 heavy (non-hydrogen) atoms. The van der Waals surface area contributed by atoms with Crippen molar-refractivity contribution < 1.29 is 0 Å². The second-order valence-electron chi connectivity index (χ2n) is 23.0. The van der Waals surface area contributed by atoms with Gasteiger partial charge in [0.1, 0.15) is 0 Å². The standard InChI is InChI=1S/C66H68BN3/c1-65(2,47-24-11-6-12-25-47)49-28-21-31-52(42-49)70-60-43-50(66(3,4)48-26-13-7-14-27-48)36-38-56(60)67-57-39-37-53(69-58-34-19-17-32-54(58)55-33-18-20-35-59(55)69)44-61(57)68(51-29-15-8-16-30-51)62-40-46(41-63(70)64(62)67)45-22-9-5-10-23-45/h6-8,11-21,24-30,32-39,41,43,45-46,49,52,61-62,64H,5,9-10,22-23,31,40,42,44H2,1-4H3. The fourth-order valence-electron chi connectivity index (χ4n) is 14.9. The van der Waals surface area contributed by atoms with Gasteiger partial charge in [0.25, 0.3) is 0 Å². The Morgan fingerprint density at radius 2 is 1.26 bits per heavy atom. The molecular weight excluding hydrogens is 846 g/mol. The number of fused-ring (bicyclic) bond motifs is 7. The molecule has 0 spiro atoms. The SMILES string of the molecule is CC(C)(c1ccccc1)c1ccc2c(c1)N(C1CC=CC(C(C)(C)c3ccccc3)C1)C1=CC(C3CCCCC3)CC3C1B2C1=CC=C(n2c4ccccc4c4ccccc42)CC1N3c1ccccc1. The summed E-state index contributed by atoms with van der Waals surface area (Å²) in [5.74, 6) is 2.00. The van der Waals surface area contributed by atoms with E-state index in [9.17, 15) is 0 Å². The van der Waals surface area contributed by atoms with Crippen LogP contribution in [0.2, 0.25) is 5.82 Å². The topological polar surface area (TPSA) is 11.4 Å². The van der Waals surface area contributed by atoms with Crippen molar-refractivity contribution in [3.63, 3.8) is 0 Å². The lowest BCUT2D eigenvalue weighted by Crippen LogP contribution is -2.67. The van der Waals surface area contributed by atoms with Crippen molar-refractivity contribution >= 4 is 51.1 Å². The van der Waals surface area contributed by atoms with Gasteiger partial charge in [-0.25, -0.2) is 0 Å². The summed E-state index contributed by atoms with van der Waals surface area (Å²) >= 11 is 0. The summed E-state index contributed by atoms with van der Waals surface area (Å²) in [6, 6.07) is 61.1. The minimum atomic E-state index is -0.166. The lowest BCUT2D eigenvalue weighted by Gasteiger charge is -2.61. The summed E-state index contributed by atoms with van der Waals surface area (Å²) in [6.07, 6.45) is 24.3. The molecule has 4 heteroatoms. The van der Waals surface area contributed by atoms with Gasteiger partial charge in [-0.2, -0.15) is 0 Å². The van der Waals surface area contributed by atoms with Crippen LogP contribution in [-0.4, -0.2) is 29.4 Å². The molecular formula is C66H68BN3. The predicted octanol–water partition coefficient (Wildman–Crippen LogP) is 15.5. The van der Waals surface area contributed by atoms with Crippen molar-refractivity contribution in [2.75, 3.05) is 9.80 Å². The molecule has 6 aromatic carbocycles. The van der Waals surface area contributed by atoms with Crippen molar-refractivity contribution in [1.82, 2.24) is 4.57 Å². The van der Waals surface area contributed by atoms with Crippen LogP contribution < -0.4 is 15.3 Å². The summed E-state index contributed by atoms with van der Waals surface area (Å²) in [5, 5.41) is 2.66. The van der Waals surface area contributed by atoms with Crippen LogP contribution in [0.4, 0.5) is 11.4 Å². The van der Waals surface area contributed by atoms with Crippen LogP contribution in [0.25, 0.3) is 27.5 Å². The number of allylic oxidation sites excluding steroid dienone is 4. The number of aromatic nitrogens is 1. The number of hydrogen-bond acceptors (Lipinski definition) is 2. The number of rotatable bonds is 8. The molecule has 2 aliphatic heterocycles. The molecule has 0 radical (unpaired) electrons. The highest BCUT2D eigenvalue weighted by Gasteiger charge is 2.58. The van der Waals surface area contributed by atoms with E-state index in [4.69, 9.17) is 0 Å². The van der Waals surface area contributed by atoms with Gasteiger partial charge in [0.2, 0.25) is 6.71 Å². The fourth-order valence-corrected chi connectivity index (χ4v) is 14.9. The first-order valence-corrected chi connectivity index (χ1v) is 26.9. The van der Waals surface area contributed by atoms with E-state index in [1.165, 1.54) is 99.6 Å². The highest BCUT2D eigenvalue weighted by atomic mass is 15.3. The van der Waals surface area contributed by atoms with E-state index in [1.807, 2.05) is 0 Å². The summed E-state index contributed by atoms with van der Waals surface area (Å²) in [6.45, 7) is 10.1. The number of anilines is 2. The number of benzene rings is 6. The molecule has 2 fully saturated rings. The Bertz CT molecular complexity index is 3150. The second kappa shape index (κ2) is 17.3. The molecule has 4 aliphatic carbocycles. The van der Waals surface area contributed by atoms with Crippen molar-refractivity contribution in [3.8, 4) is 0 Å². The molecule has 6 unspecified atom stereocenters. The van der Waals surface area contributed by atoms with Crippen LogP contribution >= 0.6 is 0 Å². The quantitative estimate of drug-likeness (QED) is 0.111. The average molecular weight is 914 g/mol. The molecule has 0 N–H and O–H groups in total. The van der Waals surface area contributed by atoms with E-state index in [1.54, 1.807) is 11.2 Å². The van der Waals surface area contributed by atoms with E-state index in [0.717, 1.165) is 25.2 Å². The molecule has 1 aromatic heterocycles. The van der Waals surface area contributed by atoms with Crippen molar-refractivity contribution in [2.24, 2.45) is 17.8 Å². The average Bonchev–Trinajstić information content (AvgIpc) is 3.76. The zero-order valence-corrected chi connectivity index (χ0v) is 41.7. The van der Waals surface area contributed by atoms with E-state index >= 15 is 0 Å². The minimum absolute atomic E-state index is 0.00165. The normalized spacial score (nSPS) is 24.7. The predicted molar refractivity (Wildman–Crippen MR) is 297 cm³/mol. The Balaban J connectivity index is 1.04. The first kappa shape index (κ1) is 43.7. The minimum Gasteiger partial charge on any atom is -0.362 e. The van der Waals surface area contributed by atoms with Gasteiger partial charge in [-0.1, -0.05) is 210 Å². The van der Waals surface area contributed by atoms with E-state index in [-0.39, 0.29) is 23.6 Å². The third-order valence-electron chi connectivity index (χ3n) is 18.7. The first-order valence-electron chi connectivity index (χ1n) is 26.9. The lowest BCUT2D eigenvalue weighted by molar-refractivity contribution is 0.245. The van der Waals surface area contributed by atoms with Crippen LogP contribution in [0.15, 0.2) is 199 Å². The Labute approximate surface area is 417 Å². The van der Waals surface area contributed by atoms with E-state index in [2.05, 4.69) is 230 Å². The largest absolute Gasteiger partial charge is 0.362 e. The van der Waals surface area contributed by atoms with Gasteiger partial charge in [0, 0.05) is 69.3 Å². The Morgan fingerprint density at radius 1 is 0.614 bits per heavy atom. The fraction of sp³-hybridized carbons (Fsp3) is 0.333. The van der Waals surface area contributed by atoms with Gasteiger partial charge in [-0.3, -0.25) is 0 Å². The van der Waals surface area contributed by atoms with Gasteiger partial charge in [0.05, 0.1) is 11.0 Å². The van der Waals surface area contributed by atoms with Crippen molar-refractivity contribution in [2.45, 2.75) is 120 Å². The van der Waals surface area contributed by atoms with Crippen molar-refractivity contribution in [3.05, 3.63) is 216 Å². The molecule has 0 bridgehead atoms. The van der Waals surface area contributed by atoms with Gasteiger partial charge in [0.15, 0.2) is 0 Å². The highest BCUT2D eigenvalue weighted by Crippen LogP contribution is 2.57. The summed E-state index contributed by atoms with van der Waals surface area (Å²) in [7, 11) is 0. The molecule has 3 heterocycles. The molecule has 1 saturated carbocycles. The Hall–Kier alpha value is -6.26. The van der Waals surface area contributed by atoms with Crippen LogP contribution in [-0.2, 0) is 10.8 Å². The van der Waals surface area contributed by atoms with Gasteiger partial charge in [-0.05, 0) is 108 Å². The second-order valence-corrected chi connectivity index (χ2v) is 23.0. The molecule has 13 rings (SSSR count). The first-order chi connectivity index (χ1) is 34.3. The van der Waals surface area contributed by atoms with Crippen LogP contribution in [0.5, 0.6) is 0 Å². The zero-order valence-electron chi connectivity index (χ0n) is 41.7. The molecule has 6 atom stereocenters. The third kappa shape index (κ3) is 7.05. The summed E-state index contributed by atoms with van der Waals surface area (Å²) in [4.78, 5) is 5.97. The Morgan fingerprint density at radius 3 is 1.96 bits per heavy atom. The molecule has 7 aromatic rings. The smallest absolute Gasteiger partial charge is 0.220 e. The highest BCUT2D eigenvalue weighted by molar-refractivity contribution is 6.84. The maximum atomic E-state index is 2.99. The molecule has 6 aliphatic rings. The van der Waals surface area contributed by atoms with Crippen molar-refractivity contribution in [1.29, 1.82) is 0 Å². The summed E-state index contributed by atoms with van der Waals surface area (Å²) in [5.41, 5.74) is 15.6. The van der Waals surface area contributed by atoms with E-state index in [0.29, 0.717) is 29.7 Å². The van der Waals surface area contributed by atoms with Crippen LogP contribution in [0.1, 0.15) is 102 Å². The van der Waals surface area contributed by atoms with Gasteiger partial charge >= 0.3 is 0 Å². The maximum absolute atomic E-state index is 2.99. The van der Waals surface area contributed by atoms with Gasteiger partial charge < -0.3 is 14.4 Å². The van der Waals surface area contributed by atoms with Crippen LogP contribution in [0.3, 0.4) is 0 Å².